The summed E-state index contributed by atoms with van der Waals surface area (Å²) in [5, 5.41) is 2.21. The standard InChI is InChI=1S/C59H36N2O/c1-3-16-37(17-4-1)40-32-41(43-24-15-25-48-47-23-10-14-29-56(47)62-57(43)48)34-42(33-40)55-36-54(60-58(61-55)38-18-5-2-6-19-38)39-30-31-53-49(35-39)46-22-9-13-28-52(46)59(53)50-26-11-7-20-44(50)45-21-8-12-27-51(45)59/h1-36H. The Morgan fingerprint density at radius 1 is 0.306 bits per heavy atom. The van der Waals surface area contributed by atoms with Crippen LogP contribution in [0.15, 0.2) is 223 Å². The van der Waals surface area contributed by atoms with E-state index in [0.29, 0.717) is 5.82 Å². The normalized spacial score (nSPS) is 13.0. The van der Waals surface area contributed by atoms with Crippen LogP contribution in [-0.2, 0) is 5.41 Å². The molecule has 1 spiro atoms. The van der Waals surface area contributed by atoms with Crippen LogP contribution in [0.2, 0.25) is 0 Å². The summed E-state index contributed by atoms with van der Waals surface area (Å²) in [6, 6.07) is 78.4. The van der Waals surface area contributed by atoms with Crippen LogP contribution in [0.4, 0.5) is 0 Å². The summed E-state index contributed by atoms with van der Waals surface area (Å²) in [4.78, 5) is 10.7. The average Bonchev–Trinajstić information content (AvgIpc) is 3.98. The molecule has 0 radical (unpaired) electrons. The molecule has 62 heavy (non-hydrogen) atoms. The minimum Gasteiger partial charge on any atom is -0.455 e. The highest BCUT2D eigenvalue weighted by molar-refractivity contribution is 6.10. The van der Waals surface area contributed by atoms with Gasteiger partial charge in [0.05, 0.1) is 16.8 Å². The third kappa shape index (κ3) is 5.06. The number of para-hydroxylation sites is 2. The van der Waals surface area contributed by atoms with E-state index in [-0.39, 0.29) is 0 Å². The van der Waals surface area contributed by atoms with Gasteiger partial charge in [0.2, 0.25) is 0 Å². The molecule has 0 bridgehead atoms. The van der Waals surface area contributed by atoms with E-state index in [2.05, 4.69) is 200 Å². The van der Waals surface area contributed by atoms with Gasteiger partial charge in [0.1, 0.15) is 11.2 Å². The lowest BCUT2D eigenvalue weighted by atomic mass is 9.70. The monoisotopic (exact) mass is 788 g/mol. The fourth-order valence-corrected chi connectivity index (χ4v) is 10.4. The Hall–Kier alpha value is -8.14. The summed E-state index contributed by atoms with van der Waals surface area (Å²) >= 11 is 0. The second-order valence-corrected chi connectivity index (χ2v) is 16.4. The van der Waals surface area contributed by atoms with Gasteiger partial charge in [0.25, 0.3) is 0 Å². The van der Waals surface area contributed by atoms with Crippen molar-refractivity contribution in [1.82, 2.24) is 9.97 Å². The van der Waals surface area contributed by atoms with Crippen LogP contribution in [-0.4, -0.2) is 9.97 Å². The molecule has 0 saturated carbocycles. The molecule has 3 heteroatoms. The second-order valence-electron chi connectivity index (χ2n) is 16.4. The first-order valence-corrected chi connectivity index (χ1v) is 21.2. The van der Waals surface area contributed by atoms with Crippen LogP contribution in [0.5, 0.6) is 0 Å². The number of furan rings is 1. The van der Waals surface area contributed by atoms with Crippen LogP contribution < -0.4 is 0 Å². The fraction of sp³-hybridized carbons (Fsp3) is 0.0169. The molecule has 3 nitrogen and oxygen atoms in total. The lowest BCUT2D eigenvalue weighted by Crippen LogP contribution is -2.25. The third-order valence-electron chi connectivity index (χ3n) is 13.1. The van der Waals surface area contributed by atoms with Crippen LogP contribution in [0.3, 0.4) is 0 Å². The summed E-state index contributed by atoms with van der Waals surface area (Å²) in [6.45, 7) is 0. The summed E-state index contributed by atoms with van der Waals surface area (Å²) in [5.74, 6) is 0.681. The molecular weight excluding hydrogens is 753 g/mol. The summed E-state index contributed by atoms with van der Waals surface area (Å²) in [6.07, 6.45) is 0. The first-order valence-electron chi connectivity index (χ1n) is 21.2. The molecular formula is C59H36N2O. The van der Waals surface area contributed by atoms with Crippen molar-refractivity contribution in [2.24, 2.45) is 0 Å². The molecule has 2 aromatic heterocycles. The van der Waals surface area contributed by atoms with E-state index in [9.17, 15) is 0 Å². The number of hydrogen-bond acceptors (Lipinski definition) is 3. The zero-order chi connectivity index (χ0) is 40.8. The Labute approximate surface area is 359 Å². The van der Waals surface area contributed by atoms with E-state index in [4.69, 9.17) is 14.4 Å². The van der Waals surface area contributed by atoms with Crippen LogP contribution in [0.25, 0.3) is 100 Å². The highest BCUT2D eigenvalue weighted by atomic mass is 16.3. The first-order chi connectivity index (χ1) is 30.7. The van der Waals surface area contributed by atoms with Gasteiger partial charge < -0.3 is 4.42 Å². The molecule has 0 N–H and O–H groups in total. The molecule has 11 aromatic rings. The van der Waals surface area contributed by atoms with E-state index in [1.165, 1.54) is 44.5 Å². The fourth-order valence-electron chi connectivity index (χ4n) is 10.4. The second kappa shape index (κ2) is 13.4. The Morgan fingerprint density at radius 2 is 0.823 bits per heavy atom. The van der Waals surface area contributed by atoms with Gasteiger partial charge in [0.15, 0.2) is 5.82 Å². The predicted molar refractivity (Wildman–Crippen MR) is 253 cm³/mol. The van der Waals surface area contributed by atoms with Crippen molar-refractivity contribution in [2.75, 3.05) is 0 Å². The van der Waals surface area contributed by atoms with Gasteiger partial charge in [0, 0.05) is 33.0 Å². The molecule has 0 atom stereocenters. The van der Waals surface area contributed by atoms with E-state index in [1.54, 1.807) is 0 Å². The van der Waals surface area contributed by atoms with Crippen molar-refractivity contribution in [3.05, 3.63) is 241 Å². The Kier molecular flexibility index (Phi) is 7.52. The largest absolute Gasteiger partial charge is 0.455 e. The summed E-state index contributed by atoms with van der Waals surface area (Å²) in [7, 11) is 0. The molecule has 9 aromatic carbocycles. The maximum Gasteiger partial charge on any atom is 0.160 e. The molecule has 0 aliphatic heterocycles. The van der Waals surface area contributed by atoms with Crippen molar-refractivity contribution < 1.29 is 4.42 Å². The van der Waals surface area contributed by atoms with Crippen molar-refractivity contribution in [1.29, 1.82) is 0 Å². The van der Waals surface area contributed by atoms with Crippen molar-refractivity contribution >= 4 is 21.9 Å². The van der Waals surface area contributed by atoms with Gasteiger partial charge in [-0.15, -0.1) is 0 Å². The first kappa shape index (κ1) is 34.7. The average molecular weight is 789 g/mol. The zero-order valence-corrected chi connectivity index (χ0v) is 33.6. The lowest BCUT2D eigenvalue weighted by Gasteiger charge is -2.30. The lowest BCUT2D eigenvalue weighted by molar-refractivity contribution is 0.670. The number of rotatable bonds is 5. The number of aromatic nitrogens is 2. The third-order valence-corrected chi connectivity index (χ3v) is 13.1. The molecule has 13 rings (SSSR count). The predicted octanol–water partition coefficient (Wildman–Crippen LogP) is 15.1. The molecule has 2 heterocycles. The number of nitrogens with zero attached hydrogens (tertiary/aromatic N) is 2. The molecule has 0 unspecified atom stereocenters. The number of benzene rings is 9. The van der Waals surface area contributed by atoms with Crippen molar-refractivity contribution in [3.63, 3.8) is 0 Å². The summed E-state index contributed by atoms with van der Waals surface area (Å²) in [5.41, 5.74) is 20.8. The maximum absolute atomic E-state index is 6.59. The molecule has 2 aliphatic carbocycles. The Morgan fingerprint density at radius 3 is 1.53 bits per heavy atom. The van der Waals surface area contributed by atoms with E-state index in [1.807, 2.05) is 18.2 Å². The Balaban J connectivity index is 1.03. The van der Waals surface area contributed by atoms with Gasteiger partial charge >= 0.3 is 0 Å². The van der Waals surface area contributed by atoms with Crippen LogP contribution in [0, 0.1) is 0 Å². The molecule has 288 valence electrons. The minimum atomic E-state index is -0.402. The van der Waals surface area contributed by atoms with Crippen LogP contribution >= 0.6 is 0 Å². The SMILES string of the molecule is c1ccc(-c2cc(-c3cc(-c4ccc5c(c4)-c4ccccc4C54c5ccccc5-c5ccccc54)nc(-c4ccccc4)n3)cc(-c3cccc4c3oc3ccccc34)c2)cc1. The molecule has 2 aliphatic rings. The van der Waals surface area contributed by atoms with Gasteiger partial charge in [-0.25, -0.2) is 9.97 Å². The summed E-state index contributed by atoms with van der Waals surface area (Å²) < 4.78 is 6.59. The van der Waals surface area contributed by atoms with Crippen molar-refractivity contribution in [2.45, 2.75) is 5.41 Å². The van der Waals surface area contributed by atoms with Crippen molar-refractivity contribution in [3.8, 4) is 78.4 Å². The zero-order valence-electron chi connectivity index (χ0n) is 33.6. The highest BCUT2D eigenvalue weighted by Crippen LogP contribution is 2.63. The van der Waals surface area contributed by atoms with Crippen LogP contribution in [0.1, 0.15) is 22.3 Å². The van der Waals surface area contributed by atoms with E-state index < -0.39 is 5.41 Å². The van der Waals surface area contributed by atoms with Gasteiger partial charge in [-0.2, -0.15) is 0 Å². The highest BCUT2D eigenvalue weighted by Gasteiger charge is 2.51. The quantitative estimate of drug-likeness (QED) is 0.174. The smallest absolute Gasteiger partial charge is 0.160 e. The van der Waals surface area contributed by atoms with Gasteiger partial charge in [-0.05, 0) is 97.6 Å². The molecule has 0 saturated heterocycles. The van der Waals surface area contributed by atoms with Gasteiger partial charge in [-0.1, -0.05) is 182 Å². The number of hydrogen-bond donors (Lipinski definition) is 0. The van der Waals surface area contributed by atoms with Gasteiger partial charge in [-0.3, -0.25) is 0 Å². The maximum atomic E-state index is 6.59. The number of fused-ring (bicyclic) bond motifs is 13. The Bertz CT molecular complexity index is 3540. The van der Waals surface area contributed by atoms with E-state index in [0.717, 1.165) is 72.3 Å². The molecule has 0 amide bonds. The topological polar surface area (TPSA) is 38.9 Å². The minimum absolute atomic E-state index is 0.402. The molecule has 0 fully saturated rings. The van der Waals surface area contributed by atoms with E-state index >= 15 is 0 Å².